The topological polar surface area (TPSA) is 17.1 Å². The molecule has 19 heavy (non-hydrogen) atoms. The Morgan fingerprint density at radius 2 is 1.95 bits per heavy atom. The van der Waals surface area contributed by atoms with E-state index in [1.54, 1.807) is 5.57 Å². The summed E-state index contributed by atoms with van der Waals surface area (Å²) in [5.74, 6) is 0.448. The molecule has 0 saturated heterocycles. The second-order valence-electron chi connectivity index (χ2n) is 5.86. The van der Waals surface area contributed by atoms with Gasteiger partial charge in [-0.05, 0) is 42.4 Å². The van der Waals surface area contributed by atoms with Gasteiger partial charge < -0.3 is 0 Å². The molecule has 1 fully saturated rings. The van der Waals surface area contributed by atoms with E-state index in [4.69, 9.17) is 0 Å². The molecular formula is C18H22O. The van der Waals surface area contributed by atoms with Crippen LogP contribution in [-0.2, 0) is 10.2 Å². The average molecular weight is 254 g/mol. The molecule has 1 spiro atoms. The van der Waals surface area contributed by atoms with Crippen molar-refractivity contribution in [2.45, 2.75) is 57.8 Å². The lowest BCUT2D eigenvalue weighted by Gasteiger charge is -2.36. The Labute approximate surface area is 115 Å². The Bertz CT molecular complexity index is 553. The molecule has 0 aliphatic heterocycles. The van der Waals surface area contributed by atoms with Gasteiger partial charge in [0.05, 0.1) is 0 Å². The van der Waals surface area contributed by atoms with Crippen LogP contribution < -0.4 is 0 Å². The van der Waals surface area contributed by atoms with Crippen LogP contribution in [0.15, 0.2) is 29.8 Å². The van der Waals surface area contributed by atoms with Gasteiger partial charge in [0.15, 0.2) is 0 Å². The van der Waals surface area contributed by atoms with Crippen LogP contribution in [0, 0.1) is 0 Å². The Kier molecular flexibility index (Phi) is 3.08. The summed E-state index contributed by atoms with van der Waals surface area (Å²) in [6.45, 7) is 4.49. The van der Waals surface area contributed by atoms with Crippen molar-refractivity contribution in [1.82, 2.24) is 0 Å². The van der Waals surface area contributed by atoms with Gasteiger partial charge in [-0.2, -0.15) is 0 Å². The van der Waals surface area contributed by atoms with E-state index in [0.29, 0.717) is 5.78 Å². The standard InChI is InChI=1S/C18H22O/c1-3-14-15-9-5-6-10-17(15)18(16(14)4-2)11-7-8-13(19)12-18/h5-6,9-10H,3-4,7-8,11-12H2,1-2H3. The molecule has 1 aromatic carbocycles. The SMILES string of the molecule is CCC1=C(CC)C2(CCCC(=O)C2)c2ccccc21. The van der Waals surface area contributed by atoms with Crippen LogP contribution in [0.25, 0.3) is 5.57 Å². The number of ketones is 1. The number of Topliss-reactive ketones (excluding diaryl/α,β-unsaturated/α-hetero) is 1. The van der Waals surface area contributed by atoms with Crippen LogP contribution in [-0.4, -0.2) is 5.78 Å². The minimum absolute atomic E-state index is 0.0476. The van der Waals surface area contributed by atoms with Gasteiger partial charge in [-0.15, -0.1) is 0 Å². The number of carbonyl (C=O) groups is 1. The summed E-state index contributed by atoms with van der Waals surface area (Å²) in [5, 5.41) is 0. The number of hydrogen-bond donors (Lipinski definition) is 0. The molecule has 3 rings (SSSR count). The van der Waals surface area contributed by atoms with E-state index < -0.39 is 0 Å². The van der Waals surface area contributed by atoms with Crippen molar-refractivity contribution >= 4 is 11.4 Å². The fourth-order valence-corrected chi connectivity index (χ4v) is 4.32. The van der Waals surface area contributed by atoms with Crippen LogP contribution in [0.3, 0.4) is 0 Å². The smallest absolute Gasteiger partial charge is 0.134 e. The zero-order valence-corrected chi connectivity index (χ0v) is 12.0. The van der Waals surface area contributed by atoms with E-state index >= 15 is 0 Å². The molecule has 1 aromatic rings. The summed E-state index contributed by atoms with van der Waals surface area (Å²) >= 11 is 0. The number of fused-ring (bicyclic) bond motifs is 2. The maximum Gasteiger partial charge on any atom is 0.134 e. The molecule has 0 N–H and O–H groups in total. The fraction of sp³-hybridized carbons (Fsp3) is 0.500. The van der Waals surface area contributed by atoms with Crippen molar-refractivity contribution < 1.29 is 4.79 Å². The third-order valence-corrected chi connectivity index (χ3v) is 4.97. The monoisotopic (exact) mass is 254 g/mol. The second kappa shape index (κ2) is 4.63. The molecule has 1 heteroatoms. The summed E-state index contributed by atoms with van der Waals surface area (Å²) in [7, 11) is 0. The van der Waals surface area contributed by atoms with Gasteiger partial charge in [0.1, 0.15) is 5.78 Å². The van der Waals surface area contributed by atoms with Crippen LogP contribution >= 0.6 is 0 Å². The average Bonchev–Trinajstić information content (AvgIpc) is 2.68. The van der Waals surface area contributed by atoms with Crippen molar-refractivity contribution in [3.8, 4) is 0 Å². The summed E-state index contributed by atoms with van der Waals surface area (Å²) < 4.78 is 0. The molecule has 0 radical (unpaired) electrons. The molecule has 1 nitrogen and oxygen atoms in total. The van der Waals surface area contributed by atoms with Crippen LogP contribution in [0.5, 0.6) is 0 Å². The van der Waals surface area contributed by atoms with Gasteiger partial charge in [0, 0.05) is 18.3 Å². The van der Waals surface area contributed by atoms with Crippen LogP contribution in [0.1, 0.15) is 63.5 Å². The normalized spacial score (nSPS) is 26.1. The third-order valence-electron chi connectivity index (χ3n) is 4.97. The summed E-state index contributed by atoms with van der Waals surface area (Å²) in [5.41, 5.74) is 5.94. The molecular weight excluding hydrogens is 232 g/mol. The lowest BCUT2D eigenvalue weighted by atomic mass is 9.66. The summed E-state index contributed by atoms with van der Waals surface area (Å²) in [6.07, 6.45) is 5.87. The number of carbonyl (C=O) groups excluding carboxylic acids is 1. The third kappa shape index (κ3) is 1.71. The van der Waals surface area contributed by atoms with Crippen LogP contribution in [0.2, 0.25) is 0 Å². The highest BCUT2D eigenvalue weighted by Gasteiger charge is 2.45. The molecule has 1 atom stereocenters. The van der Waals surface area contributed by atoms with Gasteiger partial charge >= 0.3 is 0 Å². The maximum atomic E-state index is 12.1. The van der Waals surface area contributed by atoms with E-state index in [9.17, 15) is 4.79 Å². The fourth-order valence-electron chi connectivity index (χ4n) is 4.32. The quantitative estimate of drug-likeness (QED) is 0.750. The second-order valence-corrected chi connectivity index (χ2v) is 5.86. The first kappa shape index (κ1) is 12.7. The van der Waals surface area contributed by atoms with E-state index in [0.717, 1.165) is 38.5 Å². The first-order chi connectivity index (χ1) is 9.23. The Morgan fingerprint density at radius 1 is 1.16 bits per heavy atom. The van der Waals surface area contributed by atoms with Crippen molar-refractivity contribution in [3.63, 3.8) is 0 Å². The Hall–Kier alpha value is -1.37. The van der Waals surface area contributed by atoms with Crippen molar-refractivity contribution in [2.75, 3.05) is 0 Å². The summed E-state index contributed by atoms with van der Waals surface area (Å²) in [6, 6.07) is 8.76. The molecule has 2 aliphatic carbocycles. The van der Waals surface area contributed by atoms with Gasteiger partial charge in [-0.25, -0.2) is 0 Å². The Balaban J connectivity index is 2.22. The first-order valence-corrected chi connectivity index (χ1v) is 7.57. The van der Waals surface area contributed by atoms with E-state index in [-0.39, 0.29) is 5.41 Å². The predicted octanol–water partition coefficient (Wildman–Crippen LogP) is 4.65. The van der Waals surface area contributed by atoms with Crippen molar-refractivity contribution in [2.24, 2.45) is 0 Å². The van der Waals surface area contributed by atoms with Gasteiger partial charge in [-0.1, -0.05) is 43.7 Å². The van der Waals surface area contributed by atoms with Crippen LogP contribution in [0.4, 0.5) is 0 Å². The Morgan fingerprint density at radius 3 is 2.63 bits per heavy atom. The van der Waals surface area contributed by atoms with Gasteiger partial charge in [0.25, 0.3) is 0 Å². The molecule has 100 valence electrons. The first-order valence-electron chi connectivity index (χ1n) is 7.57. The minimum atomic E-state index is 0.0476. The highest BCUT2D eigenvalue weighted by atomic mass is 16.1. The lowest BCUT2D eigenvalue weighted by Crippen LogP contribution is -2.33. The molecule has 2 aliphatic rings. The predicted molar refractivity (Wildman–Crippen MR) is 79.1 cm³/mol. The van der Waals surface area contributed by atoms with E-state index in [2.05, 4.69) is 38.1 Å². The van der Waals surface area contributed by atoms with Gasteiger partial charge in [-0.3, -0.25) is 4.79 Å². The number of allylic oxidation sites excluding steroid dienone is 2. The molecule has 0 bridgehead atoms. The van der Waals surface area contributed by atoms with Gasteiger partial charge in [0.2, 0.25) is 0 Å². The lowest BCUT2D eigenvalue weighted by molar-refractivity contribution is -0.121. The molecule has 1 unspecified atom stereocenters. The zero-order valence-electron chi connectivity index (χ0n) is 12.0. The molecule has 0 heterocycles. The summed E-state index contributed by atoms with van der Waals surface area (Å²) in [4.78, 5) is 12.1. The largest absolute Gasteiger partial charge is 0.300 e. The van der Waals surface area contributed by atoms with E-state index in [1.807, 2.05) is 0 Å². The van der Waals surface area contributed by atoms with E-state index in [1.165, 1.54) is 16.7 Å². The number of hydrogen-bond acceptors (Lipinski definition) is 1. The van der Waals surface area contributed by atoms with Crippen molar-refractivity contribution in [3.05, 3.63) is 41.0 Å². The zero-order chi connectivity index (χ0) is 13.5. The molecule has 0 amide bonds. The maximum absolute atomic E-state index is 12.1. The highest BCUT2D eigenvalue weighted by molar-refractivity contribution is 5.87. The van der Waals surface area contributed by atoms with Crippen molar-refractivity contribution in [1.29, 1.82) is 0 Å². The highest BCUT2D eigenvalue weighted by Crippen LogP contribution is 2.54. The molecule has 0 aromatic heterocycles. The minimum Gasteiger partial charge on any atom is -0.300 e. The molecule has 1 saturated carbocycles. The number of rotatable bonds is 2. The number of benzene rings is 1.